The number of halogens is 1. The van der Waals surface area contributed by atoms with Crippen LogP contribution in [-0.2, 0) is 11.3 Å². The lowest BCUT2D eigenvalue weighted by Crippen LogP contribution is -2.40. The van der Waals surface area contributed by atoms with Gasteiger partial charge in [-0.15, -0.1) is 0 Å². The lowest BCUT2D eigenvalue weighted by atomic mass is 10.1. The zero-order valence-corrected chi connectivity index (χ0v) is 13.7. The quantitative estimate of drug-likeness (QED) is 0.731. The van der Waals surface area contributed by atoms with E-state index >= 15 is 0 Å². The van der Waals surface area contributed by atoms with Crippen molar-refractivity contribution in [3.8, 4) is 0 Å². The fourth-order valence-electron chi connectivity index (χ4n) is 3.25. The maximum absolute atomic E-state index is 13.1. The normalized spacial score (nSPS) is 18.7. The number of fused-ring (bicyclic) bond motifs is 1. The number of ether oxygens (including phenoxy) is 1. The van der Waals surface area contributed by atoms with Crippen molar-refractivity contribution >= 4 is 11.1 Å². The second-order valence-electron chi connectivity index (χ2n) is 6.20. The molecule has 0 amide bonds. The van der Waals surface area contributed by atoms with E-state index in [1.807, 2.05) is 18.2 Å². The SMILES string of the molecule is O=c1oc2ccccc2n1CCN1CCOC(c2ccc(F)cc2)C1. The topological polar surface area (TPSA) is 47.6 Å². The average Bonchev–Trinajstić information content (AvgIpc) is 2.96. The Morgan fingerprint density at radius 2 is 1.88 bits per heavy atom. The summed E-state index contributed by atoms with van der Waals surface area (Å²) in [5.41, 5.74) is 2.39. The Balaban J connectivity index is 1.45. The number of hydrogen-bond donors (Lipinski definition) is 0. The van der Waals surface area contributed by atoms with Crippen molar-refractivity contribution in [2.75, 3.05) is 26.2 Å². The van der Waals surface area contributed by atoms with Crippen LogP contribution in [0.5, 0.6) is 0 Å². The summed E-state index contributed by atoms with van der Waals surface area (Å²) >= 11 is 0. The smallest absolute Gasteiger partial charge is 0.408 e. The molecule has 1 aromatic heterocycles. The van der Waals surface area contributed by atoms with Crippen molar-refractivity contribution in [3.63, 3.8) is 0 Å². The number of hydrogen-bond acceptors (Lipinski definition) is 4. The van der Waals surface area contributed by atoms with Crippen LogP contribution in [0.15, 0.2) is 57.7 Å². The fourth-order valence-corrected chi connectivity index (χ4v) is 3.25. The molecule has 0 bridgehead atoms. The number of rotatable bonds is 4. The van der Waals surface area contributed by atoms with Crippen molar-refractivity contribution in [2.24, 2.45) is 0 Å². The predicted octanol–water partition coefficient (Wildman–Crippen LogP) is 2.81. The summed E-state index contributed by atoms with van der Waals surface area (Å²) in [7, 11) is 0. The molecule has 6 heteroatoms. The Labute approximate surface area is 144 Å². The molecule has 130 valence electrons. The molecule has 5 nitrogen and oxygen atoms in total. The Kier molecular flexibility index (Phi) is 4.38. The van der Waals surface area contributed by atoms with Gasteiger partial charge in [-0.05, 0) is 29.8 Å². The number of aromatic nitrogens is 1. The first-order chi connectivity index (χ1) is 12.2. The van der Waals surface area contributed by atoms with Gasteiger partial charge in [-0.2, -0.15) is 0 Å². The van der Waals surface area contributed by atoms with Gasteiger partial charge in [-0.25, -0.2) is 9.18 Å². The van der Waals surface area contributed by atoms with E-state index in [4.69, 9.17) is 9.15 Å². The van der Waals surface area contributed by atoms with Crippen LogP contribution >= 0.6 is 0 Å². The zero-order valence-electron chi connectivity index (χ0n) is 13.7. The molecular weight excluding hydrogens is 323 g/mol. The molecule has 1 atom stereocenters. The monoisotopic (exact) mass is 342 g/mol. The average molecular weight is 342 g/mol. The zero-order chi connectivity index (χ0) is 17.2. The van der Waals surface area contributed by atoms with E-state index in [2.05, 4.69) is 4.90 Å². The summed E-state index contributed by atoms with van der Waals surface area (Å²) in [5, 5.41) is 0. The molecule has 1 saturated heterocycles. The molecule has 0 radical (unpaired) electrons. The van der Waals surface area contributed by atoms with Crippen molar-refractivity contribution in [1.82, 2.24) is 9.47 Å². The second-order valence-corrected chi connectivity index (χ2v) is 6.20. The highest BCUT2D eigenvalue weighted by Crippen LogP contribution is 2.22. The predicted molar refractivity (Wildman–Crippen MR) is 92.0 cm³/mol. The molecule has 4 rings (SSSR count). The molecule has 1 unspecified atom stereocenters. The molecule has 0 saturated carbocycles. The highest BCUT2D eigenvalue weighted by molar-refractivity contribution is 5.72. The summed E-state index contributed by atoms with van der Waals surface area (Å²) in [6, 6.07) is 13.9. The number of morpholine rings is 1. The minimum absolute atomic E-state index is 0.0767. The van der Waals surface area contributed by atoms with E-state index in [0.29, 0.717) is 18.7 Å². The summed E-state index contributed by atoms with van der Waals surface area (Å²) in [6.45, 7) is 3.43. The third kappa shape index (κ3) is 3.36. The molecule has 2 aromatic carbocycles. The summed E-state index contributed by atoms with van der Waals surface area (Å²) in [6.07, 6.45) is -0.0767. The number of oxazole rings is 1. The molecule has 1 fully saturated rings. The third-order valence-corrected chi connectivity index (χ3v) is 4.61. The van der Waals surface area contributed by atoms with Crippen LogP contribution in [0.1, 0.15) is 11.7 Å². The lowest BCUT2D eigenvalue weighted by Gasteiger charge is -2.33. The van der Waals surface area contributed by atoms with Gasteiger partial charge in [0.25, 0.3) is 0 Å². The highest BCUT2D eigenvalue weighted by Gasteiger charge is 2.22. The maximum Gasteiger partial charge on any atom is 0.419 e. The van der Waals surface area contributed by atoms with Crippen LogP contribution in [0.25, 0.3) is 11.1 Å². The van der Waals surface area contributed by atoms with Gasteiger partial charge < -0.3 is 9.15 Å². The van der Waals surface area contributed by atoms with Crippen LogP contribution in [0.4, 0.5) is 4.39 Å². The van der Waals surface area contributed by atoms with Crippen molar-refractivity contribution in [3.05, 3.63) is 70.5 Å². The second kappa shape index (κ2) is 6.82. The van der Waals surface area contributed by atoms with Gasteiger partial charge in [0.05, 0.1) is 18.2 Å². The molecule has 1 aliphatic rings. The molecule has 3 aromatic rings. The van der Waals surface area contributed by atoms with Gasteiger partial charge in [-0.1, -0.05) is 24.3 Å². The first kappa shape index (κ1) is 16.1. The molecule has 0 aliphatic carbocycles. The first-order valence-corrected chi connectivity index (χ1v) is 8.38. The van der Waals surface area contributed by atoms with E-state index in [0.717, 1.165) is 30.7 Å². The molecule has 0 N–H and O–H groups in total. The number of para-hydroxylation sites is 2. The fraction of sp³-hybridized carbons (Fsp3) is 0.316. The molecule has 2 heterocycles. The molecule has 25 heavy (non-hydrogen) atoms. The molecule has 0 spiro atoms. The Hall–Kier alpha value is -2.44. The van der Waals surface area contributed by atoms with Gasteiger partial charge in [0.1, 0.15) is 5.82 Å². The van der Waals surface area contributed by atoms with Gasteiger partial charge in [0.15, 0.2) is 5.58 Å². The Bertz CT molecular complexity index is 916. The highest BCUT2D eigenvalue weighted by atomic mass is 19.1. The van der Waals surface area contributed by atoms with E-state index < -0.39 is 0 Å². The summed E-state index contributed by atoms with van der Waals surface area (Å²) in [4.78, 5) is 14.3. The minimum atomic E-state index is -0.329. The van der Waals surface area contributed by atoms with Crippen molar-refractivity contribution in [1.29, 1.82) is 0 Å². The van der Waals surface area contributed by atoms with E-state index in [-0.39, 0.29) is 17.7 Å². The van der Waals surface area contributed by atoms with E-state index in [1.165, 1.54) is 12.1 Å². The number of benzene rings is 2. The summed E-state index contributed by atoms with van der Waals surface area (Å²) < 4.78 is 25.8. The van der Waals surface area contributed by atoms with Gasteiger partial charge >= 0.3 is 5.76 Å². The van der Waals surface area contributed by atoms with E-state index in [1.54, 1.807) is 22.8 Å². The van der Waals surface area contributed by atoms with Crippen LogP contribution in [0.3, 0.4) is 0 Å². The lowest BCUT2D eigenvalue weighted by molar-refractivity contribution is -0.0309. The molecular formula is C19H19FN2O3. The first-order valence-electron chi connectivity index (χ1n) is 8.38. The van der Waals surface area contributed by atoms with Gasteiger partial charge in [-0.3, -0.25) is 9.47 Å². The minimum Gasteiger partial charge on any atom is -0.408 e. The van der Waals surface area contributed by atoms with Crippen molar-refractivity contribution < 1.29 is 13.5 Å². The Morgan fingerprint density at radius 1 is 1.08 bits per heavy atom. The molecule has 1 aliphatic heterocycles. The number of nitrogens with zero attached hydrogens (tertiary/aromatic N) is 2. The van der Waals surface area contributed by atoms with Crippen LogP contribution in [0, 0.1) is 5.82 Å². The van der Waals surface area contributed by atoms with Gasteiger partial charge in [0.2, 0.25) is 0 Å². The van der Waals surface area contributed by atoms with Crippen molar-refractivity contribution in [2.45, 2.75) is 12.6 Å². The Morgan fingerprint density at radius 3 is 2.72 bits per heavy atom. The third-order valence-electron chi connectivity index (χ3n) is 4.61. The standard InChI is InChI=1S/C19H19FN2O3/c20-15-7-5-14(6-8-15)18-13-21(11-12-24-18)9-10-22-16-3-1-2-4-17(16)25-19(22)23/h1-8,18H,9-13H2. The van der Waals surface area contributed by atoms with Crippen LogP contribution in [-0.4, -0.2) is 35.7 Å². The van der Waals surface area contributed by atoms with Crippen LogP contribution < -0.4 is 5.76 Å². The maximum atomic E-state index is 13.1. The largest absolute Gasteiger partial charge is 0.419 e. The van der Waals surface area contributed by atoms with E-state index in [9.17, 15) is 9.18 Å². The summed E-state index contributed by atoms with van der Waals surface area (Å²) in [5.74, 6) is -0.577. The van der Waals surface area contributed by atoms with Gasteiger partial charge in [0, 0.05) is 26.2 Å². The van der Waals surface area contributed by atoms with Crippen LogP contribution in [0.2, 0.25) is 0 Å².